The van der Waals surface area contributed by atoms with Gasteiger partial charge in [-0.25, -0.2) is 0 Å². The van der Waals surface area contributed by atoms with Gasteiger partial charge in [0.25, 0.3) is 0 Å². The number of hydrogen-bond acceptors (Lipinski definition) is 2. The molecule has 3 heteroatoms. The van der Waals surface area contributed by atoms with E-state index in [-0.39, 0.29) is 8.30 Å². The molecular weight excluding hydrogens is 205 g/mol. The summed E-state index contributed by atoms with van der Waals surface area (Å²) in [7, 11) is -0.335. The van der Waals surface area contributed by atoms with Gasteiger partial charge in [0.15, 0.2) is 0 Å². The fourth-order valence-corrected chi connectivity index (χ4v) is 4.44. The average molecular weight is 221 g/mol. The summed E-state index contributed by atoms with van der Waals surface area (Å²) in [6.07, 6.45) is 2.96. The average Bonchev–Trinajstić information content (AvgIpc) is 2.84. The van der Waals surface area contributed by atoms with Crippen LogP contribution in [0, 0.1) is 0 Å². The Hall–Kier alpha value is -0.430. The third kappa shape index (κ3) is 1.61. The summed E-state index contributed by atoms with van der Waals surface area (Å²) in [6.45, 7) is 3.47. The lowest BCUT2D eigenvalue weighted by Crippen LogP contribution is -2.22. The molecule has 0 saturated carbocycles. The van der Waals surface area contributed by atoms with Crippen LogP contribution in [0.15, 0.2) is 30.3 Å². The molecule has 1 aromatic carbocycles. The summed E-state index contributed by atoms with van der Waals surface area (Å²) in [5.74, 6) is 0. The first-order valence-electron chi connectivity index (χ1n) is 5.58. The highest BCUT2D eigenvalue weighted by Crippen LogP contribution is 2.57. The topological polar surface area (TPSA) is 12.5 Å². The van der Waals surface area contributed by atoms with E-state index in [1.54, 1.807) is 0 Å². The van der Waals surface area contributed by atoms with Crippen molar-refractivity contribution in [2.45, 2.75) is 25.0 Å². The molecule has 2 fully saturated rings. The molecule has 2 saturated heterocycles. The largest absolute Gasteiger partial charge is 0.334 e. The van der Waals surface area contributed by atoms with Crippen LogP contribution in [0.3, 0.4) is 0 Å². The van der Waals surface area contributed by atoms with Crippen molar-refractivity contribution in [1.29, 1.82) is 0 Å². The monoisotopic (exact) mass is 221 g/mol. The molecule has 0 radical (unpaired) electrons. The molecule has 15 heavy (non-hydrogen) atoms. The fraction of sp³-hybridized carbons (Fsp3) is 0.500. The SMILES string of the molecule is CP1OC(c2ccccc2)C2CCCN21. The molecule has 0 N–H and O–H groups in total. The van der Waals surface area contributed by atoms with Crippen molar-refractivity contribution in [3.8, 4) is 0 Å². The van der Waals surface area contributed by atoms with Crippen molar-refractivity contribution >= 4 is 8.30 Å². The van der Waals surface area contributed by atoms with Crippen LogP contribution in [-0.2, 0) is 4.52 Å². The minimum atomic E-state index is -0.335. The first kappa shape index (κ1) is 9.77. The van der Waals surface area contributed by atoms with Crippen LogP contribution in [0.4, 0.5) is 0 Å². The van der Waals surface area contributed by atoms with Crippen molar-refractivity contribution in [1.82, 2.24) is 4.67 Å². The Bertz CT molecular complexity index is 343. The van der Waals surface area contributed by atoms with Gasteiger partial charge in [0, 0.05) is 12.6 Å². The molecule has 0 aliphatic carbocycles. The minimum Gasteiger partial charge on any atom is -0.334 e. The predicted molar refractivity (Wildman–Crippen MR) is 62.8 cm³/mol. The molecule has 2 nitrogen and oxygen atoms in total. The van der Waals surface area contributed by atoms with Gasteiger partial charge in [-0.15, -0.1) is 0 Å². The third-order valence-corrected chi connectivity index (χ3v) is 5.13. The molecule has 80 valence electrons. The predicted octanol–water partition coefficient (Wildman–Crippen LogP) is 3.16. The van der Waals surface area contributed by atoms with Gasteiger partial charge in [-0.2, -0.15) is 0 Å². The first-order chi connectivity index (χ1) is 7.36. The Balaban J connectivity index is 1.88. The van der Waals surface area contributed by atoms with E-state index in [2.05, 4.69) is 41.7 Å². The number of benzene rings is 1. The Morgan fingerprint density at radius 2 is 2.13 bits per heavy atom. The van der Waals surface area contributed by atoms with Gasteiger partial charge < -0.3 is 4.52 Å². The van der Waals surface area contributed by atoms with Crippen LogP contribution in [0.1, 0.15) is 24.5 Å². The number of hydrogen-bond donors (Lipinski definition) is 0. The van der Waals surface area contributed by atoms with Crippen molar-refractivity contribution < 1.29 is 4.52 Å². The van der Waals surface area contributed by atoms with E-state index in [9.17, 15) is 0 Å². The van der Waals surface area contributed by atoms with E-state index in [1.165, 1.54) is 24.9 Å². The van der Waals surface area contributed by atoms with Crippen LogP contribution in [-0.4, -0.2) is 23.9 Å². The zero-order chi connectivity index (χ0) is 10.3. The highest BCUT2D eigenvalue weighted by molar-refractivity contribution is 7.49. The zero-order valence-electron chi connectivity index (χ0n) is 8.97. The second-order valence-electron chi connectivity index (χ2n) is 4.27. The van der Waals surface area contributed by atoms with Crippen LogP contribution in [0.5, 0.6) is 0 Å². The molecule has 0 aromatic heterocycles. The number of fused-ring (bicyclic) bond motifs is 1. The van der Waals surface area contributed by atoms with Gasteiger partial charge in [0.2, 0.25) is 0 Å². The molecule has 1 aromatic rings. The van der Waals surface area contributed by atoms with E-state index in [4.69, 9.17) is 4.52 Å². The van der Waals surface area contributed by atoms with Crippen LogP contribution in [0.25, 0.3) is 0 Å². The minimum absolute atomic E-state index is 0.324. The summed E-state index contributed by atoms with van der Waals surface area (Å²) in [5, 5.41) is 0. The van der Waals surface area contributed by atoms with Gasteiger partial charge in [-0.3, -0.25) is 4.67 Å². The third-order valence-electron chi connectivity index (χ3n) is 3.38. The molecule has 2 aliphatic heterocycles. The van der Waals surface area contributed by atoms with Crippen molar-refractivity contribution in [3.63, 3.8) is 0 Å². The van der Waals surface area contributed by atoms with Gasteiger partial charge in [0.1, 0.15) is 14.4 Å². The van der Waals surface area contributed by atoms with E-state index < -0.39 is 0 Å². The van der Waals surface area contributed by atoms with Gasteiger partial charge in [-0.1, -0.05) is 30.3 Å². The Kier molecular flexibility index (Phi) is 2.51. The number of rotatable bonds is 1. The standard InChI is InChI=1S/C12H16NOP/c1-15-13-9-5-8-11(13)12(14-15)10-6-3-2-4-7-10/h2-4,6-7,11-12H,5,8-9H2,1H3. The Morgan fingerprint density at radius 1 is 1.33 bits per heavy atom. The Morgan fingerprint density at radius 3 is 2.93 bits per heavy atom. The van der Waals surface area contributed by atoms with E-state index in [1.807, 2.05) is 0 Å². The first-order valence-corrected chi connectivity index (χ1v) is 7.24. The smallest absolute Gasteiger partial charge is 0.104 e. The Labute approximate surface area is 92.1 Å². The van der Waals surface area contributed by atoms with Crippen molar-refractivity contribution in [2.75, 3.05) is 13.2 Å². The zero-order valence-corrected chi connectivity index (χ0v) is 9.86. The maximum atomic E-state index is 6.11. The molecule has 3 rings (SSSR count). The van der Waals surface area contributed by atoms with Crippen LogP contribution >= 0.6 is 8.30 Å². The van der Waals surface area contributed by atoms with Crippen molar-refractivity contribution in [3.05, 3.63) is 35.9 Å². The lowest BCUT2D eigenvalue weighted by Gasteiger charge is -2.17. The van der Waals surface area contributed by atoms with Crippen LogP contribution < -0.4 is 0 Å². The quantitative estimate of drug-likeness (QED) is 0.675. The molecule has 3 atom stereocenters. The van der Waals surface area contributed by atoms with E-state index in [0.717, 1.165) is 0 Å². The van der Waals surface area contributed by atoms with Gasteiger partial charge in [0.05, 0.1) is 0 Å². The summed E-state index contributed by atoms with van der Waals surface area (Å²) in [6, 6.07) is 11.3. The second kappa shape index (κ2) is 3.86. The second-order valence-corrected chi connectivity index (χ2v) is 5.93. The maximum absolute atomic E-state index is 6.11. The highest BCUT2D eigenvalue weighted by Gasteiger charge is 2.43. The van der Waals surface area contributed by atoms with E-state index >= 15 is 0 Å². The lowest BCUT2D eigenvalue weighted by molar-refractivity contribution is 0.215. The summed E-state index contributed by atoms with van der Waals surface area (Å²) in [4.78, 5) is 0. The summed E-state index contributed by atoms with van der Waals surface area (Å²) in [5.41, 5.74) is 1.35. The molecule has 0 spiro atoms. The number of nitrogens with zero attached hydrogens (tertiary/aromatic N) is 1. The maximum Gasteiger partial charge on any atom is 0.104 e. The normalized spacial score (nSPS) is 35.7. The van der Waals surface area contributed by atoms with E-state index in [0.29, 0.717) is 12.1 Å². The van der Waals surface area contributed by atoms with Crippen molar-refractivity contribution in [2.24, 2.45) is 0 Å². The van der Waals surface area contributed by atoms with Gasteiger partial charge >= 0.3 is 0 Å². The molecule has 0 bridgehead atoms. The highest BCUT2D eigenvalue weighted by atomic mass is 31.2. The van der Waals surface area contributed by atoms with Crippen LogP contribution in [0.2, 0.25) is 0 Å². The molecule has 2 aliphatic rings. The molecule has 0 amide bonds. The summed E-state index contributed by atoms with van der Waals surface area (Å²) < 4.78 is 8.67. The molecule has 2 heterocycles. The summed E-state index contributed by atoms with van der Waals surface area (Å²) >= 11 is 0. The fourth-order valence-electron chi connectivity index (χ4n) is 2.66. The van der Waals surface area contributed by atoms with Gasteiger partial charge in [-0.05, 0) is 25.1 Å². The molecular formula is C12H16NOP. The lowest BCUT2D eigenvalue weighted by atomic mass is 10.0. The molecule has 3 unspecified atom stereocenters.